The average molecular weight is 512 g/mol. The second kappa shape index (κ2) is 9.08. The molecule has 4 aromatic rings. The van der Waals surface area contributed by atoms with Gasteiger partial charge in [-0.1, -0.05) is 18.2 Å². The molecule has 7 N–H and O–H groups in total. The van der Waals surface area contributed by atoms with Gasteiger partial charge < -0.3 is 31.3 Å². The van der Waals surface area contributed by atoms with Crippen molar-refractivity contribution in [3.63, 3.8) is 0 Å². The second-order valence-corrected chi connectivity index (χ2v) is 8.35. The van der Waals surface area contributed by atoms with Crippen LogP contribution < -0.4 is 32.8 Å². The number of nitro groups is 1. The largest absolute Gasteiger partial charge is 0.387 e. The number of nitrogens with zero attached hydrogens (tertiary/aromatic N) is 4. The summed E-state index contributed by atoms with van der Waals surface area (Å²) in [6, 6.07) is 5.96. The van der Waals surface area contributed by atoms with Crippen molar-refractivity contribution < 1.29 is 19.9 Å². The van der Waals surface area contributed by atoms with Gasteiger partial charge in [-0.3, -0.25) is 34.0 Å². The number of anilines is 3. The molecule has 0 radical (unpaired) electrons. The SMILES string of the molecule is Nc1nc2c(ncn2[C@@H]2O[C@H](CNc3c(NCc4ccccc4[N+](=O)[O-])c(=O)c3=O)[C@@H](O)[C@H]2O)c(=O)[nH]1. The summed E-state index contributed by atoms with van der Waals surface area (Å²) in [5.41, 5.74) is 3.42. The molecule has 16 heteroatoms. The minimum atomic E-state index is -1.45. The third-order valence-corrected chi connectivity index (χ3v) is 6.10. The third kappa shape index (κ3) is 4.07. The van der Waals surface area contributed by atoms with E-state index in [4.69, 9.17) is 10.5 Å². The highest BCUT2D eigenvalue weighted by Crippen LogP contribution is 2.31. The molecular weight excluding hydrogens is 492 g/mol. The van der Waals surface area contributed by atoms with Crippen LogP contribution in [0.2, 0.25) is 0 Å². The van der Waals surface area contributed by atoms with Crippen LogP contribution in [0, 0.1) is 10.1 Å². The van der Waals surface area contributed by atoms with Crippen LogP contribution in [0.4, 0.5) is 23.0 Å². The number of ether oxygens (including phenoxy) is 1. The number of rotatable bonds is 8. The van der Waals surface area contributed by atoms with Crippen molar-refractivity contribution in [3.8, 4) is 0 Å². The van der Waals surface area contributed by atoms with Gasteiger partial charge in [0.25, 0.3) is 22.1 Å². The first kappa shape index (κ1) is 24.0. The Hall–Kier alpha value is -4.67. The standard InChI is InChI=1S/C21H20N8O8/c22-21-26-18-13(19(34)27-21)25-7-28(18)20-17(33)14(30)10(37-20)6-24-12-11(15(31)16(12)32)23-5-8-3-1-2-4-9(8)29(35)36/h1-4,7,10,14,17,20,23-24,30,33H,5-6H2,(H3,22,26,27,34)/t10-,14-,17-,20-/m1/s1. The quantitative estimate of drug-likeness (QED) is 0.0900. The molecule has 2 aromatic heterocycles. The Morgan fingerprint density at radius 3 is 2.57 bits per heavy atom. The highest BCUT2D eigenvalue weighted by Gasteiger charge is 2.44. The summed E-state index contributed by atoms with van der Waals surface area (Å²) in [5, 5.41) is 37.8. The molecule has 0 bridgehead atoms. The highest BCUT2D eigenvalue weighted by atomic mass is 16.6. The molecule has 1 aliphatic heterocycles. The Morgan fingerprint density at radius 2 is 1.84 bits per heavy atom. The molecule has 0 amide bonds. The molecule has 16 nitrogen and oxygen atoms in total. The number of benzene rings is 1. The van der Waals surface area contributed by atoms with Crippen molar-refractivity contribution in [1.29, 1.82) is 0 Å². The number of imidazole rings is 1. The lowest BCUT2D eigenvalue weighted by Crippen LogP contribution is -2.41. The number of nitrogens with two attached hydrogens (primary N) is 1. The minimum Gasteiger partial charge on any atom is -0.387 e. The predicted octanol–water partition coefficient (Wildman–Crippen LogP) is -1.45. The maximum Gasteiger partial charge on any atom is 0.280 e. The van der Waals surface area contributed by atoms with Gasteiger partial charge in [0.15, 0.2) is 17.4 Å². The fourth-order valence-electron chi connectivity index (χ4n) is 4.21. The van der Waals surface area contributed by atoms with Crippen LogP contribution in [0.1, 0.15) is 11.8 Å². The number of hydrogen-bond donors (Lipinski definition) is 6. The van der Waals surface area contributed by atoms with Crippen LogP contribution >= 0.6 is 0 Å². The summed E-state index contributed by atoms with van der Waals surface area (Å²) >= 11 is 0. The van der Waals surface area contributed by atoms with E-state index in [9.17, 15) is 34.7 Å². The van der Waals surface area contributed by atoms with E-state index in [1.807, 2.05) is 0 Å². The van der Waals surface area contributed by atoms with Crippen molar-refractivity contribution in [2.45, 2.75) is 31.1 Å². The van der Waals surface area contributed by atoms with Crippen LogP contribution in [-0.4, -0.2) is 59.5 Å². The first-order valence-electron chi connectivity index (χ1n) is 10.9. The van der Waals surface area contributed by atoms with Gasteiger partial charge in [-0.2, -0.15) is 4.98 Å². The fourth-order valence-corrected chi connectivity index (χ4v) is 4.21. The lowest BCUT2D eigenvalue weighted by atomic mass is 10.1. The topological polar surface area (TPSA) is 241 Å². The number of nitro benzene ring substituents is 1. The van der Waals surface area contributed by atoms with Gasteiger partial charge in [0, 0.05) is 24.7 Å². The van der Waals surface area contributed by atoms with E-state index in [0.29, 0.717) is 5.56 Å². The number of aromatic nitrogens is 4. The van der Waals surface area contributed by atoms with Crippen LogP contribution in [0.3, 0.4) is 0 Å². The minimum absolute atomic E-state index is 0.0371. The average Bonchev–Trinajstić information content (AvgIpc) is 3.41. The summed E-state index contributed by atoms with van der Waals surface area (Å²) < 4.78 is 7.01. The lowest BCUT2D eigenvalue weighted by Gasteiger charge is -2.19. The molecule has 3 heterocycles. The van der Waals surface area contributed by atoms with E-state index in [2.05, 4.69) is 25.6 Å². The Bertz CT molecular complexity index is 1640. The van der Waals surface area contributed by atoms with E-state index < -0.39 is 45.9 Å². The molecule has 192 valence electrons. The first-order valence-corrected chi connectivity index (χ1v) is 10.9. The molecule has 2 aromatic carbocycles. The number of nitrogens with one attached hydrogen (secondary N) is 3. The summed E-state index contributed by atoms with van der Waals surface area (Å²) in [6.07, 6.45) is -3.86. The number of aliphatic hydroxyl groups is 2. The molecular formula is C21H20N8O8. The summed E-state index contributed by atoms with van der Waals surface area (Å²) in [4.78, 5) is 57.1. The van der Waals surface area contributed by atoms with E-state index in [1.54, 1.807) is 6.07 Å². The van der Waals surface area contributed by atoms with E-state index in [0.717, 1.165) is 0 Å². The predicted molar refractivity (Wildman–Crippen MR) is 129 cm³/mol. The number of H-pyrrole nitrogens is 1. The van der Waals surface area contributed by atoms with Crippen LogP contribution in [-0.2, 0) is 11.3 Å². The van der Waals surface area contributed by atoms with E-state index in [1.165, 1.54) is 29.1 Å². The highest BCUT2D eigenvalue weighted by molar-refractivity contribution is 5.74. The van der Waals surface area contributed by atoms with Gasteiger partial charge in [0.05, 0.1) is 11.3 Å². The zero-order chi connectivity index (χ0) is 26.4. The molecule has 1 fully saturated rings. The van der Waals surface area contributed by atoms with Crippen molar-refractivity contribution in [2.24, 2.45) is 0 Å². The molecule has 0 saturated carbocycles. The normalized spacial score (nSPS) is 21.5. The van der Waals surface area contributed by atoms with Crippen molar-refractivity contribution >= 4 is 34.2 Å². The summed E-state index contributed by atoms with van der Waals surface area (Å²) in [7, 11) is 0. The van der Waals surface area contributed by atoms with Gasteiger partial charge in [-0.15, -0.1) is 0 Å². The molecule has 0 unspecified atom stereocenters. The number of aliphatic hydroxyl groups excluding tert-OH is 2. The van der Waals surface area contributed by atoms with Crippen molar-refractivity contribution in [2.75, 3.05) is 22.9 Å². The van der Waals surface area contributed by atoms with Gasteiger partial charge in [0.1, 0.15) is 29.7 Å². The summed E-state index contributed by atoms with van der Waals surface area (Å²) in [5.74, 6) is -0.175. The van der Waals surface area contributed by atoms with E-state index >= 15 is 0 Å². The van der Waals surface area contributed by atoms with Gasteiger partial charge in [-0.05, 0) is 0 Å². The summed E-state index contributed by atoms with van der Waals surface area (Å²) in [6.45, 7) is -0.258. The molecule has 1 saturated heterocycles. The number of hydrogen-bond acceptors (Lipinski definition) is 13. The number of nitrogen functional groups attached to an aromatic ring is 1. The van der Waals surface area contributed by atoms with E-state index in [-0.39, 0.29) is 47.3 Å². The first-order chi connectivity index (χ1) is 17.7. The van der Waals surface area contributed by atoms with Crippen LogP contribution in [0.25, 0.3) is 11.2 Å². The third-order valence-electron chi connectivity index (χ3n) is 6.10. The molecule has 0 spiro atoms. The Kier molecular flexibility index (Phi) is 5.90. The molecule has 1 aliphatic rings. The number of fused-ring (bicyclic) bond motifs is 1. The zero-order valence-electron chi connectivity index (χ0n) is 18.8. The Balaban J connectivity index is 1.30. The molecule has 4 atom stereocenters. The van der Waals surface area contributed by atoms with Gasteiger partial charge >= 0.3 is 0 Å². The number of para-hydroxylation sites is 1. The molecule has 0 aliphatic carbocycles. The lowest BCUT2D eigenvalue weighted by molar-refractivity contribution is -0.385. The fraction of sp³-hybridized carbons (Fsp3) is 0.286. The zero-order valence-corrected chi connectivity index (χ0v) is 18.8. The van der Waals surface area contributed by atoms with Gasteiger partial charge in [0.2, 0.25) is 5.95 Å². The van der Waals surface area contributed by atoms with Crippen LogP contribution in [0.5, 0.6) is 0 Å². The molecule has 5 rings (SSSR count). The number of aromatic amines is 1. The maximum atomic E-state index is 12.1. The second-order valence-electron chi connectivity index (χ2n) is 8.35. The Labute approximate surface area is 205 Å². The monoisotopic (exact) mass is 512 g/mol. The van der Waals surface area contributed by atoms with Gasteiger partial charge in [-0.25, -0.2) is 4.98 Å². The smallest absolute Gasteiger partial charge is 0.280 e. The Morgan fingerprint density at radius 1 is 1.14 bits per heavy atom. The van der Waals surface area contributed by atoms with Crippen LogP contribution in [0.15, 0.2) is 45.0 Å². The van der Waals surface area contributed by atoms with Crippen molar-refractivity contribution in [1.82, 2.24) is 19.5 Å². The molecule has 37 heavy (non-hydrogen) atoms. The maximum absolute atomic E-state index is 12.1. The van der Waals surface area contributed by atoms with Crippen molar-refractivity contribution in [3.05, 3.63) is 77.1 Å².